The summed E-state index contributed by atoms with van der Waals surface area (Å²) < 4.78 is 64.2. The number of hydrogen-bond donors (Lipinski definition) is 1. The molecule has 0 saturated carbocycles. The van der Waals surface area contributed by atoms with Crippen molar-refractivity contribution in [2.24, 2.45) is 0 Å². The molecule has 11 atom stereocenters. The van der Waals surface area contributed by atoms with E-state index < -0.39 is 116 Å². The number of hydrogen-bond acceptors (Lipinski definition) is 18. The Morgan fingerprint density at radius 2 is 1.49 bits per heavy atom. The number of aliphatic hydroxyl groups excluding tert-OH is 1. The second-order valence-corrected chi connectivity index (χ2v) is 14.0. The van der Waals surface area contributed by atoms with Gasteiger partial charge in [0.05, 0.1) is 33.4 Å². The minimum atomic E-state index is -2.65. The van der Waals surface area contributed by atoms with Crippen LogP contribution in [0, 0.1) is 0 Å². The van der Waals surface area contributed by atoms with Gasteiger partial charge in [-0.25, -0.2) is 14.5 Å². The number of esters is 4. The Morgan fingerprint density at radius 1 is 0.864 bits per heavy atom. The van der Waals surface area contributed by atoms with Crippen LogP contribution >= 0.6 is 0 Å². The maximum absolute atomic E-state index is 14.2. The lowest BCUT2D eigenvalue weighted by Gasteiger charge is -2.50. The van der Waals surface area contributed by atoms with E-state index in [1.54, 1.807) is 24.3 Å². The summed E-state index contributed by atoms with van der Waals surface area (Å²) in [6.45, 7) is 3.42. The maximum Gasteiger partial charge on any atom is 0.417 e. The molecule has 0 unspecified atom stereocenters. The van der Waals surface area contributed by atoms with E-state index in [9.17, 15) is 33.9 Å². The first-order valence-electron chi connectivity index (χ1n) is 18.7. The molecule has 1 N–H and O–H groups in total. The van der Waals surface area contributed by atoms with Crippen molar-refractivity contribution in [3.05, 3.63) is 71.8 Å². The second-order valence-electron chi connectivity index (χ2n) is 14.0. The number of carbonyl (C=O) groups excluding carboxylic acids is 6. The first kappa shape index (κ1) is 45.1. The fourth-order valence-corrected chi connectivity index (χ4v) is 7.22. The van der Waals surface area contributed by atoms with Gasteiger partial charge in [0.2, 0.25) is 5.91 Å². The molecule has 0 bridgehead atoms. The summed E-state index contributed by atoms with van der Waals surface area (Å²) in [5.41, 5.74) is 1.56. The fraction of sp³-hybridized carbons (Fsp3) is 0.550. The largest absolute Gasteiger partial charge is 0.465 e. The molecular weight excluding hydrogens is 782 g/mol. The molecule has 3 aliphatic rings. The highest BCUT2D eigenvalue weighted by atomic mass is 16.8. The van der Waals surface area contributed by atoms with Crippen LogP contribution in [-0.2, 0) is 89.3 Å². The van der Waals surface area contributed by atoms with Crippen LogP contribution in [0.3, 0.4) is 0 Å². The number of imide groups is 1. The third-order valence-corrected chi connectivity index (χ3v) is 9.71. The number of amides is 2. The van der Waals surface area contributed by atoms with Gasteiger partial charge in [0.25, 0.3) is 5.79 Å². The number of ether oxygens (including phenoxy) is 11. The zero-order chi connectivity index (χ0) is 42.9. The lowest BCUT2D eigenvalue weighted by Crippen LogP contribution is -2.70. The van der Waals surface area contributed by atoms with Gasteiger partial charge in [-0.2, -0.15) is 0 Å². The Hall–Kier alpha value is -5.02. The molecule has 59 heavy (non-hydrogen) atoms. The summed E-state index contributed by atoms with van der Waals surface area (Å²) in [5.74, 6) is -7.34. The zero-order valence-corrected chi connectivity index (χ0v) is 33.4. The Bertz CT molecular complexity index is 1780. The summed E-state index contributed by atoms with van der Waals surface area (Å²) in [5, 5.41) is 12.1. The van der Waals surface area contributed by atoms with Crippen LogP contribution in [0.5, 0.6) is 0 Å². The van der Waals surface area contributed by atoms with Gasteiger partial charge in [-0.15, -0.1) is 0 Å². The second kappa shape index (κ2) is 20.3. The summed E-state index contributed by atoms with van der Waals surface area (Å²) >= 11 is 0. The quantitative estimate of drug-likeness (QED) is 0.177. The van der Waals surface area contributed by atoms with Crippen LogP contribution in [-0.4, -0.2) is 140 Å². The van der Waals surface area contributed by atoms with Gasteiger partial charge in [-0.05, 0) is 11.1 Å². The molecule has 5 rings (SSSR count). The number of carbonyl (C=O) groups is 6. The number of methoxy groups -OCH3 is 2. The lowest BCUT2D eigenvalue weighted by molar-refractivity contribution is -0.373. The standard InChI is InChI=1S/C40H49NO18/c1-22(42)41-31-28(57-39(41)48)17-40(38(47)50-6,58-34(31)33(55-25(4)45)30(54-24(3)44)21-52-23(2)43)59-35-32(46)29(20-51-18-26-13-9-7-10-14-26)56-37(49-5)36(35)53-19-27-15-11-8-12-16-27/h7-16,28-37,46H,17-21H2,1-6H3/t28-,29+,30+,31+,32-,33+,34+,35-,36+,37+,40+/m0/s1. The van der Waals surface area contributed by atoms with Gasteiger partial charge in [0, 0.05) is 34.8 Å². The van der Waals surface area contributed by atoms with Crippen molar-refractivity contribution < 1.29 is 86.0 Å². The van der Waals surface area contributed by atoms with Crippen LogP contribution in [0.15, 0.2) is 60.7 Å². The molecule has 3 fully saturated rings. The number of nitrogens with zero attached hydrogens (tertiary/aromatic N) is 1. The normalized spacial score (nSPS) is 28.7. The first-order chi connectivity index (χ1) is 28.2. The van der Waals surface area contributed by atoms with Crippen LogP contribution < -0.4 is 0 Å². The minimum absolute atomic E-state index is 0.0458. The van der Waals surface area contributed by atoms with Crippen molar-refractivity contribution in [1.82, 2.24) is 4.90 Å². The molecule has 0 radical (unpaired) electrons. The van der Waals surface area contributed by atoms with Crippen LogP contribution in [0.4, 0.5) is 4.79 Å². The average molecular weight is 832 g/mol. The third kappa shape index (κ3) is 11.0. The molecule has 322 valence electrons. The van der Waals surface area contributed by atoms with E-state index >= 15 is 0 Å². The van der Waals surface area contributed by atoms with Gasteiger partial charge in [0.1, 0.15) is 49.3 Å². The molecule has 2 aromatic rings. The van der Waals surface area contributed by atoms with Gasteiger partial charge >= 0.3 is 30.0 Å². The topological polar surface area (TPSA) is 227 Å². The third-order valence-electron chi connectivity index (χ3n) is 9.71. The molecular formula is C40H49NO18. The van der Waals surface area contributed by atoms with E-state index in [2.05, 4.69) is 0 Å². The fourth-order valence-electron chi connectivity index (χ4n) is 7.22. The van der Waals surface area contributed by atoms with Crippen LogP contribution in [0.1, 0.15) is 45.2 Å². The molecule has 3 aliphatic heterocycles. The minimum Gasteiger partial charge on any atom is -0.465 e. The number of rotatable bonds is 17. The number of benzene rings is 2. The Morgan fingerprint density at radius 3 is 2.05 bits per heavy atom. The van der Waals surface area contributed by atoms with E-state index in [4.69, 9.17) is 52.1 Å². The monoisotopic (exact) mass is 831 g/mol. The smallest absolute Gasteiger partial charge is 0.417 e. The van der Waals surface area contributed by atoms with Crippen molar-refractivity contribution in [3.63, 3.8) is 0 Å². The molecule has 2 aromatic carbocycles. The van der Waals surface area contributed by atoms with E-state index in [0.717, 1.165) is 45.9 Å². The Kier molecular flexibility index (Phi) is 15.5. The van der Waals surface area contributed by atoms with Crippen molar-refractivity contribution in [2.75, 3.05) is 27.4 Å². The zero-order valence-electron chi connectivity index (χ0n) is 33.4. The Labute approximate surface area is 339 Å². The molecule has 0 aromatic heterocycles. The molecule has 19 heteroatoms. The van der Waals surface area contributed by atoms with Crippen molar-refractivity contribution in [1.29, 1.82) is 0 Å². The van der Waals surface area contributed by atoms with Crippen LogP contribution in [0.2, 0.25) is 0 Å². The first-order valence-corrected chi connectivity index (χ1v) is 18.7. The predicted molar refractivity (Wildman–Crippen MR) is 196 cm³/mol. The lowest BCUT2D eigenvalue weighted by atomic mass is 9.87. The Balaban J connectivity index is 1.59. The predicted octanol–water partition coefficient (Wildman–Crippen LogP) is 1.73. The molecule has 0 aliphatic carbocycles. The molecule has 3 saturated heterocycles. The molecule has 0 spiro atoms. The van der Waals surface area contributed by atoms with Gasteiger partial charge in [0.15, 0.2) is 18.5 Å². The number of aliphatic hydroxyl groups is 1. The highest BCUT2D eigenvalue weighted by molar-refractivity contribution is 5.93. The summed E-state index contributed by atoms with van der Waals surface area (Å²) in [4.78, 5) is 78.2. The van der Waals surface area contributed by atoms with Gasteiger partial charge in [-0.1, -0.05) is 60.7 Å². The van der Waals surface area contributed by atoms with Crippen molar-refractivity contribution >= 4 is 35.9 Å². The summed E-state index contributed by atoms with van der Waals surface area (Å²) in [7, 11) is 2.36. The van der Waals surface area contributed by atoms with Crippen LogP contribution in [0.25, 0.3) is 0 Å². The molecule has 2 amide bonds. The highest BCUT2D eigenvalue weighted by Crippen LogP contribution is 2.44. The summed E-state index contributed by atoms with van der Waals surface area (Å²) in [6.07, 6.45) is -15.4. The van der Waals surface area contributed by atoms with E-state index in [1.165, 1.54) is 7.11 Å². The SMILES string of the molecule is COC(=O)[C@]1(O[C@H]2[C@@H](O)[C@@H](COCc3ccccc3)O[C@@H](OC)[C@@H]2OCc2ccccc2)C[C@@H]2OC(=O)N(C(C)=O)[C@H]2[C@H]([C@H](OC(C)=O)[C@@H](COC(C)=O)OC(C)=O)O1. The van der Waals surface area contributed by atoms with Gasteiger partial charge in [-0.3, -0.25) is 19.2 Å². The maximum atomic E-state index is 14.2. The molecule has 3 heterocycles. The van der Waals surface area contributed by atoms with E-state index in [0.29, 0.717) is 4.90 Å². The highest BCUT2D eigenvalue weighted by Gasteiger charge is 2.66. The van der Waals surface area contributed by atoms with Gasteiger partial charge < -0.3 is 57.2 Å². The summed E-state index contributed by atoms with van der Waals surface area (Å²) in [6, 6.07) is 16.8. The van der Waals surface area contributed by atoms with Crippen molar-refractivity contribution in [2.45, 2.75) is 114 Å². The number of fused-ring (bicyclic) bond motifs is 1. The van der Waals surface area contributed by atoms with E-state index in [-0.39, 0.29) is 19.8 Å². The molecule has 19 nitrogen and oxygen atoms in total. The van der Waals surface area contributed by atoms with Crippen molar-refractivity contribution in [3.8, 4) is 0 Å². The average Bonchev–Trinajstić information content (AvgIpc) is 3.54. The van der Waals surface area contributed by atoms with E-state index in [1.807, 2.05) is 36.4 Å².